The van der Waals surface area contributed by atoms with Gasteiger partial charge in [-0.05, 0) is 70.3 Å². The molecule has 1 saturated heterocycles. The number of carbonyl (C=O) groups excluding carboxylic acids is 3. The molecule has 1 aromatic heterocycles. The molecule has 2 aromatic rings. The Labute approximate surface area is 347 Å². The summed E-state index contributed by atoms with van der Waals surface area (Å²) in [7, 11) is -1.39. The van der Waals surface area contributed by atoms with Gasteiger partial charge in [-0.3, -0.25) is 24.0 Å². The van der Waals surface area contributed by atoms with Crippen LogP contribution in [0.25, 0.3) is 10.9 Å². The number of carbonyl (C=O) groups is 4. The number of allylic oxidation sites excluding steroid dienone is 1. The number of sulfonamides is 1. The predicted octanol–water partition coefficient (Wildman–Crippen LogP) is 5.41. The number of fused-ring (bicyclic) bond motifs is 3. The van der Waals surface area contributed by atoms with Crippen LogP contribution in [0.4, 0.5) is 18.0 Å². The van der Waals surface area contributed by atoms with Gasteiger partial charge in [-0.15, -0.1) is 0 Å². The third kappa shape index (κ3) is 8.68. The van der Waals surface area contributed by atoms with Gasteiger partial charge >= 0.3 is 6.09 Å². The average Bonchev–Trinajstić information content (AvgIpc) is 4.10. The highest BCUT2D eigenvalue weighted by molar-refractivity contribution is 7.91. The van der Waals surface area contributed by atoms with E-state index < -0.39 is 91.9 Å². The van der Waals surface area contributed by atoms with Crippen LogP contribution in [0.5, 0.6) is 17.4 Å². The number of carboxylic acid groups (broad SMARTS) is 1. The molecule has 2 saturated carbocycles. The van der Waals surface area contributed by atoms with E-state index in [9.17, 15) is 27.9 Å². The molecule has 0 unspecified atom stereocenters. The van der Waals surface area contributed by atoms with Gasteiger partial charge in [0.25, 0.3) is 11.8 Å². The summed E-state index contributed by atoms with van der Waals surface area (Å²) in [6.07, 6.45) is 2.91. The Morgan fingerprint density at radius 2 is 1.78 bits per heavy atom. The molecule has 4 aliphatic rings. The van der Waals surface area contributed by atoms with Crippen molar-refractivity contribution in [3.63, 3.8) is 0 Å². The number of benzene rings is 1. The van der Waals surface area contributed by atoms with Crippen molar-refractivity contribution in [2.75, 3.05) is 20.8 Å². The van der Waals surface area contributed by atoms with E-state index >= 15 is 18.0 Å². The number of nitrogens with one attached hydrogen (secondary N) is 2. The summed E-state index contributed by atoms with van der Waals surface area (Å²) >= 11 is 0. The molecule has 0 radical (unpaired) electrons. The predicted molar refractivity (Wildman–Crippen MR) is 213 cm³/mol. The maximum atomic E-state index is 15.5. The molecule has 330 valence electrons. The van der Waals surface area contributed by atoms with Crippen LogP contribution in [0.15, 0.2) is 30.4 Å². The van der Waals surface area contributed by atoms with E-state index in [0.29, 0.717) is 37.5 Å². The maximum Gasteiger partial charge on any atom is 0.408 e. The smallest absolute Gasteiger partial charge is 0.408 e. The van der Waals surface area contributed by atoms with Crippen molar-refractivity contribution in [2.45, 2.75) is 126 Å². The van der Waals surface area contributed by atoms with Crippen molar-refractivity contribution < 1.29 is 60.1 Å². The van der Waals surface area contributed by atoms with Gasteiger partial charge in [0.15, 0.2) is 11.6 Å². The minimum Gasteiger partial charge on any atom is -0.494 e. The molecule has 3 fully saturated rings. The van der Waals surface area contributed by atoms with Crippen LogP contribution >= 0.6 is 0 Å². The Morgan fingerprint density at radius 3 is 2.38 bits per heavy atom. The first-order valence-corrected chi connectivity index (χ1v) is 21.8. The van der Waals surface area contributed by atoms with Gasteiger partial charge in [-0.25, -0.2) is 31.4 Å². The van der Waals surface area contributed by atoms with Crippen molar-refractivity contribution in [1.29, 1.82) is 0 Å². The summed E-state index contributed by atoms with van der Waals surface area (Å²) in [5.41, 5.74) is -3.89. The van der Waals surface area contributed by atoms with Gasteiger partial charge in [0.1, 0.15) is 35.0 Å². The zero-order chi connectivity index (χ0) is 44.1. The summed E-state index contributed by atoms with van der Waals surface area (Å²) in [5, 5.41) is 12.9. The molecule has 60 heavy (non-hydrogen) atoms. The fourth-order valence-electron chi connectivity index (χ4n) is 8.46. The third-order valence-electron chi connectivity index (χ3n) is 12.6. The highest BCUT2D eigenvalue weighted by atomic mass is 32.2. The Hall–Kier alpha value is -4.81. The quantitative estimate of drug-likeness (QED) is 0.245. The van der Waals surface area contributed by atoms with E-state index in [2.05, 4.69) is 15.0 Å². The van der Waals surface area contributed by atoms with Gasteiger partial charge < -0.3 is 29.5 Å². The molecule has 2 aliphatic carbocycles. The Balaban J connectivity index is 1.46. The zero-order valence-electron chi connectivity index (χ0n) is 34.8. The molecular weight excluding hydrogens is 812 g/mol. The lowest BCUT2D eigenvalue weighted by atomic mass is 9.81. The second-order valence-corrected chi connectivity index (χ2v) is 19.1. The highest BCUT2D eigenvalue weighted by Crippen LogP contribution is 2.47. The number of rotatable bonds is 11. The monoisotopic (exact) mass is 865 g/mol. The number of alkyl halides is 2. The summed E-state index contributed by atoms with van der Waals surface area (Å²) in [5.74, 6) is -8.57. The van der Waals surface area contributed by atoms with Crippen LogP contribution in [0.2, 0.25) is 0 Å². The van der Waals surface area contributed by atoms with E-state index in [4.69, 9.17) is 14.2 Å². The number of pyridine rings is 1. The molecule has 7 atom stereocenters. The molecule has 1 aromatic carbocycles. The van der Waals surface area contributed by atoms with Crippen molar-refractivity contribution in [3.8, 4) is 17.4 Å². The van der Waals surface area contributed by atoms with Crippen LogP contribution in [0.3, 0.4) is 0 Å². The number of hydrogen-bond acceptors (Lipinski definition) is 10. The fraction of sp³-hybridized carbons (Fsp3) is 0.634. The second-order valence-electron chi connectivity index (χ2n) is 17.2. The minimum atomic E-state index is -4.03. The molecule has 6 rings (SSSR count). The van der Waals surface area contributed by atoms with Gasteiger partial charge in [-0.2, -0.15) is 0 Å². The van der Waals surface area contributed by atoms with Crippen molar-refractivity contribution in [2.24, 2.45) is 17.8 Å². The van der Waals surface area contributed by atoms with Crippen LogP contribution in [0.1, 0.15) is 86.0 Å². The molecule has 3 heterocycles. The van der Waals surface area contributed by atoms with Gasteiger partial charge in [0.2, 0.25) is 27.7 Å². The average molecular weight is 866 g/mol. The fourth-order valence-corrected chi connectivity index (χ4v) is 9.82. The highest BCUT2D eigenvalue weighted by Gasteiger charge is 2.63. The summed E-state index contributed by atoms with van der Waals surface area (Å²) in [4.78, 5) is 63.0. The number of nitrogens with zero attached hydrogens (tertiary/aromatic N) is 3. The Kier molecular flexibility index (Phi) is 12.4. The number of aromatic nitrogens is 1. The number of amides is 4. The molecular formula is C41H54F3N5O10S. The maximum absolute atomic E-state index is 15.5. The molecule has 3 N–H and O–H groups in total. The van der Waals surface area contributed by atoms with Crippen LogP contribution < -0.4 is 24.2 Å². The number of ether oxygens (including phenoxy) is 3. The molecule has 2 aliphatic heterocycles. The molecule has 15 nitrogen and oxygen atoms in total. The van der Waals surface area contributed by atoms with Crippen LogP contribution in [-0.4, -0.2) is 113 Å². The van der Waals surface area contributed by atoms with E-state index in [1.165, 1.54) is 26.4 Å². The summed E-state index contributed by atoms with van der Waals surface area (Å²) in [6, 6.07) is 0.701. The first kappa shape index (κ1) is 44.7. The Morgan fingerprint density at radius 1 is 1.08 bits per heavy atom. The molecule has 0 bridgehead atoms. The SMILES string of the molecule is CC[C@@H]1C[C@H](C)CCC=C[C@@H]2C[C@@]2(C(=O)NS(=O)(=O)C2CC2)NC(=O)[C@@H]2C[C@@H](Oc3cc(OC)nc4cc(OC)c(F)cc34)CN2C(=O)[C@H]1N(C(=O)O)C(C)(C)C(C)(F)F. The largest absolute Gasteiger partial charge is 0.494 e. The summed E-state index contributed by atoms with van der Waals surface area (Å²) in [6.45, 7) is 5.97. The number of hydrogen-bond donors (Lipinski definition) is 3. The van der Waals surface area contributed by atoms with Gasteiger partial charge in [-0.1, -0.05) is 32.4 Å². The van der Waals surface area contributed by atoms with Crippen LogP contribution in [-0.2, 0) is 24.4 Å². The van der Waals surface area contributed by atoms with Crippen LogP contribution in [0, 0.1) is 23.6 Å². The standard InChI is InChI=1S/C41H54F3N5O10S/c1-8-23-15-22(2)11-9-10-12-24-20-41(24,37(52)47-60(55,56)26-13-14-26)46-35(50)30-16-25(21-48(30)36(51)34(23)49(38(53)54)39(3,4)40(5,43)44)59-31-19-33(58-7)45-29-18-32(57-6)28(42)17-27(29)31/h10,12,17-19,22-26,30,34H,8-9,11,13-16,20-21H2,1-7H3,(H,46,50)(H,47,52)(H,53,54)/t22-,23-,24-,25-,30+,34+,41-/m1/s1. The van der Waals surface area contributed by atoms with Crippen molar-refractivity contribution in [1.82, 2.24) is 24.8 Å². The molecule has 4 amide bonds. The zero-order valence-corrected chi connectivity index (χ0v) is 35.6. The Bertz CT molecular complexity index is 2160. The van der Waals surface area contributed by atoms with E-state index in [1.54, 1.807) is 13.0 Å². The van der Waals surface area contributed by atoms with E-state index in [0.717, 1.165) is 24.8 Å². The number of methoxy groups -OCH3 is 2. The van der Waals surface area contributed by atoms with Gasteiger partial charge in [0.05, 0.1) is 31.5 Å². The normalized spacial score (nSPS) is 27.8. The minimum absolute atomic E-state index is 0.0579. The third-order valence-corrected chi connectivity index (χ3v) is 14.4. The first-order valence-electron chi connectivity index (χ1n) is 20.2. The first-order chi connectivity index (χ1) is 28.1. The van der Waals surface area contributed by atoms with Crippen molar-refractivity contribution in [3.05, 3.63) is 36.2 Å². The van der Waals surface area contributed by atoms with Gasteiger partial charge in [0, 0.05) is 36.8 Å². The molecule has 0 spiro atoms. The summed E-state index contributed by atoms with van der Waals surface area (Å²) < 4.78 is 91.0. The lowest BCUT2D eigenvalue weighted by Crippen LogP contribution is -2.67. The van der Waals surface area contributed by atoms with Crippen molar-refractivity contribution >= 4 is 44.7 Å². The molecule has 19 heteroatoms. The van der Waals surface area contributed by atoms with E-state index in [-0.39, 0.29) is 66.4 Å². The van der Waals surface area contributed by atoms with E-state index in [1.807, 2.05) is 13.0 Å². The number of halogens is 3. The second kappa shape index (κ2) is 16.6. The lowest BCUT2D eigenvalue weighted by Gasteiger charge is -2.47. The lowest BCUT2D eigenvalue weighted by molar-refractivity contribution is -0.157. The topological polar surface area (TPSA) is 194 Å².